The fourth-order valence-electron chi connectivity index (χ4n) is 3.64. The van der Waals surface area contributed by atoms with Gasteiger partial charge in [-0.05, 0) is 35.4 Å². The molecular weight excluding hydrogens is 354 g/mol. The highest BCUT2D eigenvalue weighted by Crippen LogP contribution is 2.36. The van der Waals surface area contributed by atoms with Crippen molar-refractivity contribution in [3.8, 4) is 33.9 Å². The lowest BCUT2D eigenvalue weighted by atomic mass is 10.0. The van der Waals surface area contributed by atoms with E-state index < -0.39 is 0 Å². The number of morpholine rings is 1. The molecule has 6 heteroatoms. The molecule has 2 aliphatic heterocycles. The van der Waals surface area contributed by atoms with Crippen LogP contribution in [0.2, 0.25) is 0 Å². The average Bonchev–Trinajstić information content (AvgIpc) is 3.42. The molecule has 3 aromatic rings. The van der Waals surface area contributed by atoms with Gasteiger partial charge in [0.2, 0.25) is 6.79 Å². The van der Waals surface area contributed by atoms with Crippen molar-refractivity contribution in [1.82, 2.24) is 14.7 Å². The third kappa shape index (κ3) is 3.61. The first kappa shape index (κ1) is 17.3. The van der Waals surface area contributed by atoms with E-state index >= 15 is 0 Å². The van der Waals surface area contributed by atoms with E-state index in [1.807, 2.05) is 16.8 Å². The van der Waals surface area contributed by atoms with Gasteiger partial charge >= 0.3 is 0 Å². The summed E-state index contributed by atoms with van der Waals surface area (Å²) in [4.78, 5) is 2.42. The molecule has 0 bridgehead atoms. The van der Waals surface area contributed by atoms with E-state index in [2.05, 4.69) is 47.5 Å². The Kier molecular flexibility index (Phi) is 4.72. The smallest absolute Gasteiger partial charge is 0.231 e. The van der Waals surface area contributed by atoms with Crippen molar-refractivity contribution >= 4 is 0 Å². The highest BCUT2D eigenvalue weighted by Gasteiger charge is 2.14. The standard InChI is InChI=1S/C22H23N3O3/c1-2-17(18-4-5-21-22(15-18)28-16-27-21)14-19(3-1)20-6-7-25(23-20)9-8-24-10-12-26-13-11-24/h1-7,14-15H,8-13,16H2. The number of rotatable bonds is 5. The van der Waals surface area contributed by atoms with Crippen LogP contribution in [0, 0.1) is 0 Å². The van der Waals surface area contributed by atoms with Crippen LogP contribution in [0.3, 0.4) is 0 Å². The van der Waals surface area contributed by atoms with Crippen LogP contribution in [0.25, 0.3) is 22.4 Å². The maximum Gasteiger partial charge on any atom is 0.231 e. The minimum Gasteiger partial charge on any atom is -0.454 e. The second-order valence-corrected chi connectivity index (χ2v) is 7.07. The Morgan fingerprint density at radius 1 is 0.821 bits per heavy atom. The highest BCUT2D eigenvalue weighted by molar-refractivity contribution is 5.73. The molecule has 6 nitrogen and oxygen atoms in total. The molecular formula is C22H23N3O3. The lowest BCUT2D eigenvalue weighted by Crippen LogP contribution is -2.38. The van der Waals surface area contributed by atoms with Gasteiger partial charge in [-0.15, -0.1) is 0 Å². The Morgan fingerprint density at radius 2 is 1.64 bits per heavy atom. The van der Waals surface area contributed by atoms with Crippen LogP contribution in [0.4, 0.5) is 0 Å². The van der Waals surface area contributed by atoms with Crippen LogP contribution < -0.4 is 9.47 Å². The molecule has 1 saturated heterocycles. The monoisotopic (exact) mass is 377 g/mol. The fraction of sp³-hybridized carbons (Fsp3) is 0.318. The van der Waals surface area contributed by atoms with Gasteiger partial charge in [-0.2, -0.15) is 5.10 Å². The molecule has 2 aromatic carbocycles. The predicted octanol–water partition coefficient (Wildman–Crippen LogP) is 3.28. The summed E-state index contributed by atoms with van der Waals surface area (Å²) >= 11 is 0. The molecule has 0 amide bonds. The number of hydrogen-bond donors (Lipinski definition) is 0. The van der Waals surface area contributed by atoms with Crippen molar-refractivity contribution in [2.45, 2.75) is 6.54 Å². The van der Waals surface area contributed by atoms with Crippen LogP contribution in [0.1, 0.15) is 0 Å². The van der Waals surface area contributed by atoms with Gasteiger partial charge < -0.3 is 14.2 Å². The van der Waals surface area contributed by atoms with Gasteiger partial charge in [-0.25, -0.2) is 0 Å². The molecule has 0 radical (unpaired) electrons. The fourth-order valence-corrected chi connectivity index (χ4v) is 3.64. The highest BCUT2D eigenvalue weighted by atomic mass is 16.7. The number of nitrogens with zero attached hydrogens (tertiary/aromatic N) is 3. The van der Waals surface area contributed by atoms with Gasteiger partial charge in [0.1, 0.15) is 0 Å². The van der Waals surface area contributed by atoms with E-state index in [9.17, 15) is 0 Å². The first-order valence-corrected chi connectivity index (χ1v) is 9.69. The first-order chi connectivity index (χ1) is 13.8. The molecule has 0 saturated carbocycles. The van der Waals surface area contributed by atoms with Crippen LogP contribution in [0.15, 0.2) is 54.7 Å². The minimum atomic E-state index is 0.292. The number of hydrogen-bond acceptors (Lipinski definition) is 5. The Morgan fingerprint density at radius 3 is 2.57 bits per heavy atom. The number of ether oxygens (including phenoxy) is 3. The summed E-state index contributed by atoms with van der Waals surface area (Å²) in [5.41, 5.74) is 4.35. The summed E-state index contributed by atoms with van der Waals surface area (Å²) in [5, 5.41) is 4.77. The molecule has 1 aromatic heterocycles. The molecule has 3 heterocycles. The lowest BCUT2D eigenvalue weighted by molar-refractivity contribution is 0.0360. The quantitative estimate of drug-likeness (QED) is 0.683. The topological polar surface area (TPSA) is 48.8 Å². The zero-order valence-corrected chi connectivity index (χ0v) is 15.7. The van der Waals surface area contributed by atoms with E-state index in [4.69, 9.17) is 19.3 Å². The van der Waals surface area contributed by atoms with Crippen molar-refractivity contribution in [3.05, 3.63) is 54.7 Å². The average molecular weight is 377 g/mol. The first-order valence-electron chi connectivity index (χ1n) is 9.69. The van der Waals surface area contributed by atoms with E-state index in [1.54, 1.807) is 0 Å². The SMILES string of the molecule is c1cc(-c2ccc3c(c2)OCO3)cc(-c2ccn(CCN3CCOCC3)n2)c1. The Hall–Kier alpha value is -2.83. The van der Waals surface area contributed by atoms with Gasteiger partial charge in [0, 0.05) is 31.4 Å². The van der Waals surface area contributed by atoms with Gasteiger partial charge in [0.15, 0.2) is 11.5 Å². The third-order valence-corrected chi connectivity index (χ3v) is 5.25. The molecule has 28 heavy (non-hydrogen) atoms. The van der Waals surface area contributed by atoms with Crippen LogP contribution in [0.5, 0.6) is 11.5 Å². The van der Waals surface area contributed by atoms with Gasteiger partial charge in [0.25, 0.3) is 0 Å². The summed E-state index contributed by atoms with van der Waals surface area (Å²) in [6.07, 6.45) is 2.06. The molecule has 5 rings (SSSR count). The Labute approximate surface area is 164 Å². The maximum atomic E-state index is 5.51. The molecule has 0 atom stereocenters. The van der Waals surface area contributed by atoms with Crippen LogP contribution in [-0.2, 0) is 11.3 Å². The maximum absolute atomic E-state index is 5.51. The van der Waals surface area contributed by atoms with E-state index in [0.29, 0.717) is 6.79 Å². The summed E-state index contributed by atoms with van der Waals surface area (Å²) < 4.78 is 18.3. The van der Waals surface area contributed by atoms with E-state index in [-0.39, 0.29) is 0 Å². The summed E-state index contributed by atoms with van der Waals surface area (Å²) in [6, 6.07) is 16.6. The number of benzene rings is 2. The Bertz CT molecular complexity index is 963. The summed E-state index contributed by atoms with van der Waals surface area (Å²) in [6.45, 7) is 5.86. The Balaban J connectivity index is 1.31. The normalized spacial score (nSPS) is 16.4. The van der Waals surface area contributed by atoms with Crippen molar-refractivity contribution in [1.29, 1.82) is 0 Å². The second kappa shape index (κ2) is 7.66. The van der Waals surface area contributed by atoms with Crippen molar-refractivity contribution in [2.75, 3.05) is 39.6 Å². The molecule has 2 aliphatic rings. The third-order valence-electron chi connectivity index (χ3n) is 5.25. The zero-order chi connectivity index (χ0) is 18.8. The molecule has 144 valence electrons. The van der Waals surface area contributed by atoms with Crippen LogP contribution >= 0.6 is 0 Å². The molecule has 0 N–H and O–H groups in total. The van der Waals surface area contributed by atoms with Crippen molar-refractivity contribution in [2.24, 2.45) is 0 Å². The largest absolute Gasteiger partial charge is 0.454 e. The predicted molar refractivity (Wildman–Crippen MR) is 106 cm³/mol. The van der Waals surface area contributed by atoms with E-state index in [0.717, 1.165) is 73.3 Å². The molecule has 0 spiro atoms. The van der Waals surface area contributed by atoms with Gasteiger partial charge in [-0.3, -0.25) is 9.58 Å². The van der Waals surface area contributed by atoms with E-state index in [1.165, 1.54) is 0 Å². The van der Waals surface area contributed by atoms with Crippen molar-refractivity contribution < 1.29 is 14.2 Å². The minimum absolute atomic E-state index is 0.292. The van der Waals surface area contributed by atoms with Gasteiger partial charge in [0.05, 0.1) is 25.5 Å². The summed E-state index contributed by atoms with van der Waals surface area (Å²) in [5.74, 6) is 1.61. The zero-order valence-electron chi connectivity index (χ0n) is 15.7. The molecule has 0 aliphatic carbocycles. The second-order valence-electron chi connectivity index (χ2n) is 7.07. The molecule has 0 unspecified atom stereocenters. The number of fused-ring (bicyclic) bond motifs is 1. The van der Waals surface area contributed by atoms with Crippen LogP contribution in [-0.4, -0.2) is 54.3 Å². The molecule has 1 fully saturated rings. The van der Waals surface area contributed by atoms with Crippen molar-refractivity contribution in [3.63, 3.8) is 0 Å². The summed E-state index contributed by atoms with van der Waals surface area (Å²) in [7, 11) is 0. The van der Waals surface area contributed by atoms with Gasteiger partial charge in [-0.1, -0.05) is 24.3 Å². The lowest BCUT2D eigenvalue weighted by Gasteiger charge is -2.26. The number of aromatic nitrogens is 2.